The van der Waals surface area contributed by atoms with E-state index in [2.05, 4.69) is 50.3 Å². The van der Waals surface area contributed by atoms with Crippen LogP contribution in [0.25, 0.3) is 0 Å². The quantitative estimate of drug-likeness (QED) is 0.662. The molecule has 1 unspecified atom stereocenters. The van der Waals surface area contributed by atoms with Crippen LogP contribution in [-0.4, -0.2) is 19.7 Å². The van der Waals surface area contributed by atoms with Crippen molar-refractivity contribution < 1.29 is 0 Å². The molecule has 7 heteroatoms. The Morgan fingerprint density at radius 2 is 2.16 bits per heavy atom. The minimum atomic E-state index is -0.235. The Morgan fingerprint density at radius 1 is 1.42 bits per heavy atom. The van der Waals surface area contributed by atoms with Crippen molar-refractivity contribution in [1.29, 1.82) is 0 Å². The summed E-state index contributed by atoms with van der Waals surface area (Å²) in [6, 6.07) is 1.85. The van der Waals surface area contributed by atoms with Crippen LogP contribution in [0.15, 0.2) is 22.9 Å². The van der Waals surface area contributed by atoms with E-state index in [-0.39, 0.29) is 12.1 Å². The molecule has 3 N–H and O–H groups in total. The van der Waals surface area contributed by atoms with Crippen LogP contribution in [0.3, 0.4) is 0 Å². The number of halogens is 1. The third-order valence-electron chi connectivity index (χ3n) is 2.81. The first-order valence-corrected chi connectivity index (χ1v) is 6.82. The number of hydrogen-bond acceptors (Lipinski definition) is 5. The van der Waals surface area contributed by atoms with Gasteiger partial charge < -0.3 is 0 Å². The molecule has 0 fully saturated rings. The molecule has 0 radical (unpaired) electrons. The first kappa shape index (κ1) is 14.1. The predicted molar refractivity (Wildman–Crippen MR) is 76.2 cm³/mol. The fraction of sp³-hybridized carbons (Fsp3) is 0.417. The highest BCUT2D eigenvalue weighted by molar-refractivity contribution is 9.10. The second kappa shape index (κ2) is 5.77. The number of nitrogens with zero attached hydrogens (tertiary/aromatic N) is 4. The summed E-state index contributed by atoms with van der Waals surface area (Å²) in [6.07, 6.45) is 3.50. The Labute approximate surface area is 120 Å². The molecule has 0 aromatic carbocycles. The molecule has 1 atom stereocenters. The predicted octanol–water partition coefficient (Wildman–Crippen LogP) is 1.88. The summed E-state index contributed by atoms with van der Waals surface area (Å²) in [6.45, 7) is 6.00. The van der Waals surface area contributed by atoms with E-state index in [9.17, 15) is 0 Å². The number of nitrogens with two attached hydrogens (primary N) is 1. The lowest BCUT2D eigenvalue weighted by Crippen LogP contribution is -2.32. The molecule has 102 valence electrons. The van der Waals surface area contributed by atoms with Gasteiger partial charge in [-0.1, -0.05) is 0 Å². The van der Waals surface area contributed by atoms with Gasteiger partial charge in [-0.15, -0.1) is 0 Å². The molecule has 2 heterocycles. The Bertz CT molecular complexity index is 565. The number of aryl methyl sites for hydroxylation is 1. The van der Waals surface area contributed by atoms with Gasteiger partial charge in [-0.05, 0) is 42.8 Å². The van der Waals surface area contributed by atoms with E-state index in [0.717, 1.165) is 15.9 Å². The highest BCUT2D eigenvalue weighted by atomic mass is 79.9. The Balaban J connectivity index is 2.51. The monoisotopic (exact) mass is 324 g/mol. The molecular weight excluding hydrogens is 308 g/mol. The lowest BCUT2D eigenvalue weighted by molar-refractivity contribution is 0.471. The summed E-state index contributed by atoms with van der Waals surface area (Å²) < 4.78 is 2.83. The lowest BCUT2D eigenvalue weighted by atomic mass is 10.1. The summed E-state index contributed by atoms with van der Waals surface area (Å²) in [5.41, 5.74) is 4.57. The van der Waals surface area contributed by atoms with Crippen LogP contribution in [0.5, 0.6) is 0 Å². The number of hydrazine groups is 1. The van der Waals surface area contributed by atoms with Crippen molar-refractivity contribution in [2.45, 2.75) is 32.9 Å². The Morgan fingerprint density at radius 3 is 2.74 bits per heavy atom. The smallest absolute Gasteiger partial charge is 0.125 e. The molecule has 0 saturated carbocycles. The number of hydrogen-bond donors (Lipinski definition) is 2. The molecule has 2 aromatic heterocycles. The summed E-state index contributed by atoms with van der Waals surface area (Å²) >= 11 is 3.52. The average Bonchev–Trinajstić information content (AvgIpc) is 2.73. The SMILES string of the molecule is Cc1nccc(C(NN)c2c(Br)cnn2C(C)C)n1. The molecule has 6 nitrogen and oxygen atoms in total. The molecule has 2 rings (SSSR count). The van der Waals surface area contributed by atoms with Crippen LogP contribution in [-0.2, 0) is 0 Å². The third-order valence-corrected chi connectivity index (χ3v) is 3.42. The first-order chi connectivity index (χ1) is 9.04. The fourth-order valence-electron chi connectivity index (χ4n) is 1.97. The highest BCUT2D eigenvalue weighted by Gasteiger charge is 2.23. The second-order valence-electron chi connectivity index (χ2n) is 4.54. The number of rotatable bonds is 4. The van der Waals surface area contributed by atoms with Crippen LogP contribution in [0.2, 0.25) is 0 Å². The van der Waals surface area contributed by atoms with Crippen molar-refractivity contribution in [3.63, 3.8) is 0 Å². The number of nitrogens with one attached hydrogen (secondary N) is 1. The zero-order chi connectivity index (χ0) is 14.0. The molecule has 19 heavy (non-hydrogen) atoms. The molecule has 0 aliphatic heterocycles. The van der Waals surface area contributed by atoms with Crippen LogP contribution < -0.4 is 11.3 Å². The molecule has 0 saturated heterocycles. The van der Waals surface area contributed by atoms with Gasteiger partial charge >= 0.3 is 0 Å². The zero-order valence-corrected chi connectivity index (χ0v) is 12.7. The van der Waals surface area contributed by atoms with Crippen molar-refractivity contribution >= 4 is 15.9 Å². The van der Waals surface area contributed by atoms with E-state index in [1.807, 2.05) is 17.7 Å². The fourth-order valence-corrected chi connectivity index (χ4v) is 2.47. The van der Waals surface area contributed by atoms with Crippen molar-refractivity contribution in [3.8, 4) is 0 Å². The van der Waals surface area contributed by atoms with Crippen molar-refractivity contribution in [1.82, 2.24) is 25.2 Å². The van der Waals surface area contributed by atoms with Gasteiger partial charge in [0, 0.05) is 12.2 Å². The maximum atomic E-state index is 5.71. The molecule has 0 bridgehead atoms. The van der Waals surface area contributed by atoms with Crippen LogP contribution in [0, 0.1) is 6.92 Å². The molecule has 2 aromatic rings. The van der Waals surface area contributed by atoms with E-state index < -0.39 is 0 Å². The second-order valence-corrected chi connectivity index (χ2v) is 5.40. The van der Waals surface area contributed by atoms with Gasteiger partial charge in [-0.25, -0.2) is 15.4 Å². The van der Waals surface area contributed by atoms with E-state index in [1.165, 1.54) is 0 Å². The normalized spacial score (nSPS) is 12.9. The van der Waals surface area contributed by atoms with Crippen molar-refractivity contribution in [2.24, 2.45) is 5.84 Å². The number of aromatic nitrogens is 4. The summed E-state index contributed by atoms with van der Waals surface area (Å²) in [5.74, 6) is 6.42. The summed E-state index contributed by atoms with van der Waals surface area (Å²) in [7, 11) is 0. The molecule has 0 spiro atoms. The van der Waals surface area contributed by atoms with Gasteiger partial charge in [0.2, 0.25) is 0 Å². The maximum Gasteiger partial charge on any atom is 0.125 e. The summed E-state index contributed by atoms with van der Waals surface area (Å²) in [4.78, 5) is 8.53. The third kappa shape index (κ3) is 2.83. The lowest BCUT2D eigenvalue weighted by Gasteiger charge is -2.20. The van der Waals surface area contributed by atoms with Gasteiger partial charge in [0.05, 0.1) is 22.1 Å². The van der Waals surface area contributed by atoms with Crippen LogP contribution >= 0.6 is 15.9 Å². The van der Waals surface area contributed by atoms with Crippen molar-refractivity contribution in [2.75, 3.05) is 0 Å². The van der Waals surface area contributed by atoms with E-state index >= 15 is 0 Å². The Kier molecular flexibility index (Phi) is 4.28. The maximum absolute atomic E-state index is 5.71. The largest absolute Gasteiger partial charge is 0.270 e. The molecule has 0 amide bonds. The standard InChI is InChI=1S/C12H17BrN6/c1-7(2)19-12(9(13)6-16-19)11(18-14)10-4-5-15-8(3)17-10/h4-7,11,18H,14H2,1-3H3. The van der Waals surface area contributed by atoms with Gasteiger partial charge in [0.25, 0.3) is 0 Å². The molecule has 0 aliphatic carbocycles. The minimum absolute atomic E-state index is 0.235. The van der Waals surface area contributed by atoms with E-state index in [1.54, 1.807) is 12.4 Å². The van der Waals surface area contributed by atoms with E-state index in [4.69, 9.17) is 5.84 Å². The van der Waals surface area contributed by atoms with Crippen LogP contribution in [0.1, 0.15) is 43.1 Å². The van der Waals surface area contributed by atoms with E-state index in [0.29, 0.717) is 5.82 Å². The first-order valence-electron chi connectivity index (χ1n) is 6.03. The average molecular weight is 325 g/mol. The topological polar surface area (TPSA) is 81.6 Å². The molecular formula is C12H17BrN6. The van der Waals surface area contributed by atoms with Crippen LogP contribution in [0.4, 0.5) is 0 Å². The van der Waals surface area contributed by atoms with Gasteiger partial charge in [-0.2, -0.15) is 5.10 Å². The Hall–Kier alpha value is -1.31. The highest BCUT2D eigenvalue weighted by Crippen LogP contribution is 2.29. The minimum Gasteiger partial charge on any atom is -0.270 e. The van der Waals surface area contributed by atoms with Crippen molar-refractivity contribution in [3.05, 3.63) is 40.1 Å². The molecule has 0 aliphatic rings. The van der Waals surface area contributed by atoms with Gasteiger partial charge in [0.1, 0.15) is 11.9 Å². The summed E-state index contributed by atoms with van der Waals surface area (Å²) in [5, 5.41) is 4.36. The van der Waals surface area contributed by atoms with Gasteiger partial charge in [0.15, 0.2) is 0 Å². The zero-order valence-electron chi connectivity index (χ0n) is 11.1. The van der Waals surface area contributed by atoms with Gasteiger partial charge in [-0.3, -0.25) is 10.5 Å².